The van der Waals surface area contributed by atoms with Crippen molar-refractivity contribution in [2.45, 2.75) is 27.2 Å². The SMILES string of the molecule is CCOc1ccc(CC(=O)Nc2ccc3c(C)c(C)c(=O)[nH]c3c2)cc1. The van der Waals surface area contributed by atoms with Gasteiger partial charge in [0.25, 0.3) is 5.56 Å². The smallest absolute Gasteiger partial charge is 0.251 e. The summed E-state index contributed by atoms with van der Waals surface area (Å²) in [5.74, 6) is 0.681. The third kappa shape index (κ3) is 3.77. The van der Waals surface area contributed by atoms with Crippen molar-refractivity contribution in [3.8, 4) is 5.75 Å². The number of aromatic amines is 1. The van der Waals surface area contributed by atoms with Crippen LogP contribution in [0.25, 0.3) is 10.9 Å². The Morgan fingerprint density at radius 2 is 1.81 bits per heavy atom. The molecule has 1 amide bonds. The van der Waals surface area contributed by atoms with Gasteiger partial charge in [0, 0.05) is 16.6 Å². The third-order valence-corrected chi connectivity index (χ3v) is 4.46. The maximum Gasteiger partial charge on any atom is 0.251 e. The van der Waals surface area contributed by atoms with Gasteiger partial charge < -0.3 is 15.0 Å². The van der Waals surface area contributed by atoms with E-state index >= 15 is 0 Å². The van der Waals surface area contributed by atoms with Gasteiger partial charge in [0.2, 0.25) is 5.91 Å². The van der Waals surface area contributed by atoms with Gasteiger partial charge in [-0.2, -0.15) is 0 Å². The summed E-state index contributed by atoms with van der Waals surface area (Å²) in [5, 5.41) is 3.86. The van der Waals surface area contributed by atoms with Gasteiger partial charge >= 0.3 is 0 Å². The molecular formula is C21H22N2O3. The van der Waals surface area contributed by atoms with Crippen molar-refractivity contribution in [3.05, 3.63) is 69.5 Å². The number of carbonyl (C=O) groups excluding carboxylic acids is 1. The predicted octanol–water partition coefficient (Wildman–Crippen LogP) is 3.72. The van der Waals surface area contributed by atoms with Crippen LogP contribution in [0.5, 0.6) is 5.75 Å². The van der Waals surface area contributed by atoms with E-state index in [1.54, 1.807) is 13.0 Å². The number of H-pyrrole nitrogens is 1. The Labute approximate surface area is 152 Å². The van der Waals surface area contributed by atoms with Gasteiger partial charge in [-0.3, -0.25) is 9.59 Å². The number of benzene rings is 2. The number of fused-ring (bicyclic) bond motifs is 1. The van der Waals surface area contributed by atoms with Crippen molar-refractivity contribution >= 4 is 22.5 Å². The zero-order chi connectivity index (χ0) is 18.7. The summed E-state index contributed by atoms with van der Waals surface area (Å²) in [6.45, 7) is 6.28. The quantitative estimate of drug-likeness (QED) is 0.737. The summed E-state index contributed by atoms with van der Waals surface area (Å²) >= 11 is 0. The molecule has 2 aromatic carbocycles. The second-order valence-electron chi connectivity index (χ2n) is 6.27. The highest BCUT2D eigenvalue weighted by molar-refractivity contribution is 5.95. The first-order valence-electron chi connectivity index (χ1n) is 8.62. The van der Waals surface area contributed by atoms with Crippen LogP contribution in [-0.2, 0) is 11.2 Å². The van der Waals surface area contributed by atoms with Crippen LogP contribution in [0.3, 0.4) is 0 Å². The normalized spacial score (nSPS) is 10.7. The molecular weight excluding hydrogens is 328 g/mol. The van der Waals surface area contributed by atoms with Gasteiger partial charge in [0.05, 0.1) is 18.5 Å². The number of ether oxygens (including phenoxy) is 1. The highest BCUT2D eigenvalue weighted by Gasteiger charge is 2.08. The lowest BCUT2D eigenvalue weighted by Crippen LogP contribution is -2.15. The molecule has 0 atom stereocenters. The Kier molecular flexibility index (Phi) is 5.07. The molecule has 0 spiro atoms. The fourth-order valence-corrected chi connectivity index (χ4v) is 2.90. The molecule has 0 bridgehead atoms. The number of aromatic nitrogens is 1. The van der Waals surface area contributed by atoms with Gasteiger partial charge in [-0.1, -0.05) is 18.2 Å². The number of carbonyl (C=O) groups is 1. The van der Waals surface area contributed by atoms with Crippen molar-refractivity contribution in [2.24, 2.45) is 0 Å². The van der Waals surface area contributed by atoms with Crippen LogP contribution in [0, 0.1) is 13.8 Å². The molecule has 2 N–H and O–H groups in total. The molecule has 3 rings (SSSR count). The zero-order valence-electron chi connectivity index (χ0n) is 15.2. The van der Waals surface area contributed by atoms with Crippen molar-refractivity contribution in [2.75, 3.05) is 11.9 Å². The number of hydrogen-bond acceptors (Lipinski definition) is 3. The average molecular weight is 350 g/mol. The number of amides is 1. The molecule has 0 fully saturated rings. The molecule has 0 saturated heterocycles. The van der Waals surface area contributed by atoms with E-state index < -0.39 is 0 Å². The molecule has 1 heterocycles. The highest BCUT2D eigenvalue weighted by Crippen LogP contribution is 2.21. The molecule has 0 aliphatic heterocycles. The number of rotatable bonds is 5. The molecule has 134 valence electrons. The van der Waals surface area contributed by atoms with Gasteiger partial charge in [-0.15, -0.1) is 0 Å². The first kappa shape index (κ1) is 17.7. The van der Waals surface area contributed by atoms with Crippen LogP contribution >= 0.6 is 0 Å². The van der Waals surface area contributed by atoms with E-state index in [1.807, 2.05) is 50.2 Å². The first-order chi connectivity index (χ1) is 12.5. The molecule has 5 nitrogen and oxygen atoms in total. The zero-order valence-corrected chi connectivity index (χ0v) is 15.2. The van der Waals surface area contributed by atoms with Crippen LogP contribution < -0.4 is 15.6 Å². The fourth-order valence-electron chi connectivity index (χ4n) is 2.90. The lowest BCUT2D eigenvalue weighted by Gasteiger charge is -2.09. The lowest BCUT2D eigenvalue weighted by molar-refractivity contribution is -0.115. The molecule has 5 heteroatoms. The summed E-state index contributed by atoms with van der Waals surface area (Å²) in [6.07, 6.45) is 0.272. The average Bonchev–Trinajstić information content (AvgIpc) is 2.61. The van der Waals surface area contributed by atoms with E-state index in [0.29, 0.717) is 17.9 Å². The molecule has 26 heavy (non-hydrogen) atoms. The molecule has 0 radical (unpaired) electrons. The van der Waals surface area contributed by atoms with Gasteiger partial charge in [0.15, 0.2) is 0 Å². The van der Waals surface area contributed by atoms with Crippen molar-refractivity contribution in [3.63, 3.8) is 0 Å². The van der Waals surface area contributed by atoms with E-state index in [1.165, 1.54) is 0 Å². The summed E-state index contributed by atoms with van der Waals surface area (Å²) in [4.78, 5) is 27.1. The third-order valence-electron chi connectivity index (χ3n) is 4.46. The van der Waals surface area contributed by atoms with E-state index in [0.717, 1.165) is 27.8 Å². The maximum absolute atomic E-state index is 12.3. The summed E-state index contributed by atoms with van der Waals surface area (Å²) < 4.78 is 5.40. The molecule has 0 aliphatic carbocycles. The number of aryl methyl sites for hydroxylation is 1. The van der Waals surface area contributed by atoms with Crippen LogP contribution in [0.1, 0.15) is 23.6 Å². The Morgan fingerprint density at radius 3 is 2.50 bits per heavy atom. The predicted molar refractivity (Wildman–Crippen MR) is 104 cm³/mol. The van der Waals surface area contributed by atoms with Gasteiger partial charge in [-0.25, -0.2) is 0 Å². The Hall–Kier alpha value is -3.08. The van der Waals surface area contributed by atoms with Crippen LogP contribution in [0.15, 0.2) is 47.3 Å². The number of nitrogens with one attached hydrogen (secondary N) is 2. The van der Waals surface area contributed by atoms with Crippen molar-refractivity contribution in [1.82, 2.24) is 4.98 Å². The van der Waals surface area contributed by atoms with Crippen LogP contribution in [0.2, 0.25) is 0 Å². The monoisotopic (exact) mass is 350 g/mol. The maximum atomic E-state index is 12.3. The number of anilines is 1. The van der Waals surface area contributed by atoms with Crippen molar-refractivity contribution < 1.29 is 9.53 Å². The number of hydrogen-bond donors (Lipinski definition) is 2. The largest absolute Gasteiger partial charge is 0.494 e. The Balaban J connectivity index is 1.74. The Bertz CT molecular complexity index is 1000. The summed E-state index contributed by atoms with van der Waals surface area (Å²) in [5.41, 5.74) is 3.85. The van der Waals surface area contributed by atoms with Crippen LogP contribution in [0.4, 0.5) is 5.69 Å². The Morgan fingerprint density at radius 1 is 1.08 bits per heavy atom. The highest BCUT2D eigenvalue weighted by atomic mass is 16.5. The second-order valence-corrected chi connectivity index (χ2v) is 6.27. The van der Waals surface area contributed by atoms with Crippen LogP contribution in [-0.4, -0.2) is 17.5 Å². The second kappa shape index (κ2) is 7.44. The molecule has 0 saturated carbocycles. The van der Waals surface area contributed by atoms with Gasteiger partial charge in [-0.05, 0) is 56.2 Å². The topological polar surface area (TPSA) is 71.2 Å². The number of pyridine rings is 1. The first-order valence-corrected chi connectivity index (χ1v) is 8.62. The lowest BCUT2D eigenvalue weighted by atomic mass is 10.1. The minimum Gasteiger partial charge on any atom is -0.494 e. The van der Waals surface area contributed by atoms with E-state index in [9.17, 15) is 9.59 Å². The fraction of sp³-hybridized carbons (Fsp3) is 0.238. The standard InChI is InChI=1S/C21H22N2O3/c1-4-26-17-8-5-15(6-9-17)11-20(24)22-16-7-10-18-13(2)14(3)21(25)23-19(18)12-16/h5-10,12H,4,11H2,1-3H3,(H,22,24)(H,23,25). The molecule has 0 aliphatic rings. The van der Waals surface area contributed by atoms with E-state index in [4.69, 9.17) is 4.74 Å². The van der Waals surface area contributed by atoms with Gasteiger partial charge in [0.1, 0.15) is 5.75 Å². The molecule has 1 aromatic heterocycles. The molecule has 0 unspecified atom stereocenters. The van der Waals surface area contributed by atoms with E-state index in [-0.39, 0.29) is 17.9 Å². The minimum absolute atomic E-state index is 0.104. The van der Waals surface area contributed by atoms with Crippen molar-refractivity contribution in [1.29, 1.82) is 0 Å². The summed E-state index contributed by atoms with van der Waals surface area (Å²) in [7, 11) is 0. The van der Waals surface area contributed by atoms with E-state index in [2.05, 4.69) is 10.3 Å². The molecule has 3 aromatic rings. The minimum atomic E-state index is -0.111. The summed E-state index contributed by atoms with van der Waals surface area (Å²) in [6, 6.07) is 13.0.